The minimum absolute atomic E-state index is 0.169. The molecule has 2 unspecified atom stereocenters. The summed E-state index contributed by atoms with van der Waals surface area (Å²) in [6.07, 6.45) is 5.30. The molecule has 88 valence electrons. The van der Waals surface area contributed by atoms with Crippen LogP contribution >= 0.6 is 0 Å². The van der Waals surface area contributed by atoms with Crippen LogP contribution in [0.5, 0.6) is 0 Å². The Hall–Kier alpha value is -1.52. The third-order valence-electron chi connectivity index (χ3n) is 3.38. The number of nitrogens with one attached hydrogen (secondary N) is 1. The molecule has 1 fully saturated rings. The lowest BCUT2D eigenvalue weighted by Gasteiger charge is -2.21. The molecule has 0 aliphatic carbocycles. The summed E-state index contributed by atoms with van der Waals surface area (Å²) in [4.78, 5) is 15.2. The fourth-order valence-corrected chi connectivity index (χ4v) is 2.32. The Morgan fingerprint density at radius 2 is 2.56 bits per heavy atom. The van der Waals surface area contributed by atoms with E-state index in [1.54, 1.807) is 6.20 Å². The normalized spacial score (nSPS) is 22.1. The van der Waals surface area contributed by atoms with Crippen molar-refractivity contribution in [3.05, 3.63) is 12.4 Å². The second-order valence-corrected chi connectivity index (χ2v) is 4.37. The highest BCUT2D eigenvalue weighted by atomic mass is 16.1. The Morgan fingerprint density at radius 3 is 3.06 bits per heavy atom. The quantitative estimate of drug-likeness (QED) is 0.784. The standard InChI is InChI=1S/C11H18N4O/c1-2-8(9-5-10(16)14-6-9)7-15-4-3-13-11(15)12/h3-4,8-9H,2,5-7H2,1H3,(H2,12,13)(H,14,16). The van der Waals surface area contributed by atoms with Crippen molar-refractivity contribution < 1.29 is 4.79 Å². The second kappa shape index (κ2) is 4.55. The molecule has 16 heavy (non-hydrogen) atoms. The molecule has 1 aromatic heterocycles. The maximum atomic E-state index is 11.2. The molecule has 0 saturated carbocycles. The molecule has 1 aliphatic rings. The summed E-state index contributed by atoms with van der Waals surface area (Å²) in [5.74, 6) is 1.63. The van der Waals surface area contributed by atoms with Crippen LogP contribution in [0.25, 0.3) is 0 Å². The Morgan fingerprint density at radius 1 is 1.75 bits per heavy atom. The van der Waals surface area contributed by atoms with Gasteiger partial charge in [-0.3, -0.25) is 4.79 Å². The maximum Gasteiger partial charge on any atom is 0.220 e. The van der Waals surface area contributed by atoms with Gasteiger partial charge in [0.15, 0.2) is 5.95 Å². The predicted molar refractivity (Wildman–Crippen MR) is 61.5 cm³/mol. The van der Waals surface area contributed by atoms with Crippen molar-refractivity contribution in [1.29, 1.82) is 0 Å². The summed E-state index contributed by atoms with van der Waals surface area (Å²) < 4.78 is 1.96. The van der Waals surface area contributed by atoms with E-state index < -0.39 is 0 Å². The molecular formula is C11H18N4O. The monoisotopic (exact) mass is 222 g/mol. The van der Waals surface area contributed by atoms with Gasteiger partial charge in [0.05, 0.1) is 0 Å². The molecule has 1 saturated heterocycles. The number of nitrogens with two attached hydrogens (primary N) is 1. The van der Waals surface area contributed by atoms with E-state index in [2.05, 4.69) is 17.2 Å². The van der Waals surface area contributed by atoms with Crippen molar-refractivity contribution in [2.75, 3.05) is 12.3 Å². The third kappa shape index (κ3) is 2.18. The first-order valence-corrected chi connectivity index (χ1v) is 5.74. The van der Waals surface area contributed by atoms with Crippen LogP contribution in [0.1, 0.15) is 19.8 Å². The number of nitrogen functional groups attached to an aromatic ring is 1. The number of aromatic nitrogens is 2. The number of carbonyl (C=O) groups excluding carboxylic acids is 1. The minimum atomic E-state index is 0.169. The van der Waals surface area contributed by atoms with Gasteiger partial charge in [-0.15, -0.1) is 0 Å². The molecule has 0 radical (unpaired) electrons. The molecule has 0 spiro atoms. The van der Waals surface area contributed by atoms with Crippen LogP contribution in [0.3, 0.4) is 0 Å². The van der Waals surface area contributed by atoms with Gasteiger partial charge in [-0.2, -0.15) is 0 Å². The average molecular weight is 222 g/mol. The summed E-state index contributed by atoms with van der Waals surface area (Å²) in [6, 6.07) is 0. The molecule has 1 aromatic rings. The Kier molecular flexibility index (Phi) is 3.12. The van der Waals surface area contributed by atoms with Crippen LogP contribution in [-0.2, 0) is 11.3 Å². The molecule has 0 bridgehead atoms. The lowest BCUT2D eigenvalue weighted by Crippen LogP contribution is -2.22. The van der Waals surface area contributed by atoms with Gasteiger partial charge < -0.3 is 15.6 Å². The molecule has 5 heteroatoms. The van der Waals surface area contributed by atoms with E-state index in [4.69, 9.17) is 5.73 Å². The van der Waals surface area contributed by atoms with Crippen molar-refractivity contribution in [2.45, 2.75) is 26.3 Å². The van der Waals surface area contributed by atoms with Gasteiger partial charge in [-0.25, -0.2) is 4.98 Å². The summed E-state index contributed by atoms with van der Waals surface area (Å²) in [5, 5.41) is 2.88. The molecule has 2 atom stereocenters. The number of nitrogens with zero attached hydrogens (tertiary/aromatic N) is 2. The van der Waals surface area contributed by atoms with Gasteiger partial charge in [0.2, 0.25) is 5.91 Å². The highest BCUT2D eigenvalue weighted by Gasteiger charge is 2.28. The third-order valence-corrected chi connectivity index (χ3v) is 3.38. The molecule has 1 amide bonds. The number of carbonyl (C=O) groups is 1. The van der Waals surface area contributed by atoms with Gasteiger partial charge in [-0.05, 0) is 11.8 Å². The van der Waals surface area contributed by atoms with E-state index >= 15 is 0 Å². The summed E-state index contributed by atoms with van der Waals surface area (Å²) in [6.45, 7) is 3.80. The zero-order chi connectivity index (χ0) is 11.5. The van der Waals surface area contributed by atoms with Crippen LogP contribution < -0.4 is 11.1 Å². The van der Waals surface area contributed by atoms with Gasteiger partial charge in [0, 0.05) is 31.9 Å². The van der Waals surface area contributed by atoms with E-state index in [1.807, 2.05) is 10.8 Å². The van der Waals surface area contributed by atoms with Gasteiger partial charge in [-0.1, -0.05) is 13.3 Å². The van der Waals surface area contributed by atoms with E-state index in [-0.39, 0.29) is 5.91 Å². The highest BCUT2D eigenvalue weighted by Crippen LogP contribution is 2.24. The number of hydrogen-bond donors (Lipinski definition) is 2. The molecule has 5 nitrogen and oxygen atoms in total. The zero-order valence-corrected chi connectivity index (χ0v) is 9.52. The average Bonchev–Trinajstić information content (AvgIpc) is 2.85. The topological polar surface area (TPSA) is 72.9 Å². The van der Waals surface area contributed by atoms with E-state index in [0.717, 1.165) is 19.5 Å². The SMILES string of the molecule is CCC(Cn1ccnc1N)C1CNC(=O)C1. The fourth-order valence-electron chi connectivity index (χ4n) is 2.32. The number of rotatable bonds is 4. The fraction of sp³-hybridized carbons (Fsp3) is 0.636. The first kappa shape index (κ1) is 11.0. The summed E-state index contributed by atoms with van der Waals surface area (Å²) in [7, 11) is 0. The molecule has 3 N–H and O–H groups in total. The Labute approximate surface area is 95.0 Å². The van der Waals surface area contributed by atoms with Crippen LogP contribution in [0, 0.1) is 11.8 Å². The van der Waals surface area contributed by atoms with E-state index in [1.165, 1.54) is 0 Å². The molecule has 0 aromatic carbocycles. The lowest BCUT2D eigenvalue weighted by atomic mass is 9.89. The Balaban J connectivity index is 2.01. The first-order valence-electron chi connectivity index (χ1n) is 5.74. The van der Waals surface area contributed by atoms with Crippen molar-refractivity contribution in [2.24, 2.45) is 11.8 Å². The lowest BCUT2D eigenvalue weighted by molar-refractivity contribution is -0.119. The number of imidazole rings is 1. The van der Waals surface area contributed by atoms with Crippen LogP contribution in [-0.4, -0.2) is 22.0 Å². The second-order valence-electron chi connectivity index (χ2n) is 4.37. The van der Waals surface area contributed by atoms with E-state index in [0.29, 0.717) is 24.2 Å². The number of amides is 1. The number of anilines is 1. The smallest absolute Gasteiger partial charge is 0.220 e. The van der Waals surface area contributed by atoms with Crippen LogP contribution in [0.4, 0.5) is 5.95 Å². The molecular weight excluding hydrogens is 204 g/mol. The molecule has 2 rings (SSSR count). The van der Waals surface area contributed by atoms with Crippen molar-refractivity contribution in [3.63, 3.8) is 0 Å². The molecule has 2 heterocycles. The summed E-state index contributed by atoms with van der Waals surface area (Å²) in [5.41, 5.74) is 5.74. The maximum absolute atomic E-state index is 11.2. The number of hydrogen-bond acceptors (Lipinski definition) is 3. The van der Waals surface area contributed by atoms with Crippen molar-refractivity contribution in [3.8, 4) is 0 Å². The Bertz CT molecular complexity index is 374. The summed E-state index contributed by atoms with van der Waals surface area (Å²) >= 11 is 0. The zero-order valence-electron chi connectivity index (χ0n) is 9.52. The largest absolute Gasteiger partial charge is 0.369 e. The van der Waals surface area contributed by atoms with Crippen molar-refractivity contribution in [1.82, 2.24) is 14.9 Å². The first-order chi connectivity index (χ1) is 7.70. The predicted octanol–water partition coefficient (Wildman–Crippen LogP) is 0.628. The van der Waals surface area contributed by atoms with E-state index in [9.17, 15) is 4.79 Å². The van der Waals surface area contributed by atoms with Crippen LogP contribution in [0.2, 0.25) is 0 Å². The highest BCUT2D eigenvalue weighted by molar-refractivity contribution is 5.78. The molecule has 1 aliphatic heterocycles. The van der Waals surface area contributed by atoms with Gasteiger partial charge in [0.25, 0.3) is 0 Å². The van der Waals surface area contributed by atoms with Crippen LogP contribution in [0.15, 0.2) is 12.4 Å². The minimum Gasteiger partial charge on any atom is -0.369 e. The van der Waals surface area contributed by atoms with Crippen molar-refractivity contribution >= 4 is 11.9 Å². The van der Waals surface area contributed by atoms with Gasteiger partial charge in [0.1, 0.15) is 0 Å². The van der Waals surface area contributed by atoms with Gasteiger partial charge >= 0.3 is 0 Å².